The van der Waals surface area contributed by atoms with Gasteiger partial charge in [0.25, 0.3) is 0 Å². The molecule has 4 aromatic rings. The smallest absolute Gasteiger partial charge is 0.242 e. The highest BCUT2D eigenvalue weighted by Crippen LogP contribution is 2.48. The predicted octanol–water partition coefficient (Wildman–Crippen LogP) is 5.32. The van der Waals surface area contributed by atoms with Gasteiger partial charge in [-0.15, -0.1) is 11.8 Å². The van der Waals surface area contributed by atoms with Crippen LogP contribution in [0.25, 0.3) is 16.9 Å². The average Bonchev–Trinajstić information content (AvgIpc) is 3.31. The lowest BCUT2D eigenvalue weighted by molar-refractivity contribution is -0.134. The Hall–Kier alpha value is -3.95. The lowest BCUT2D eigenvalue weighted by atomic mass is 9.99. The highest BCUT2D eigenvalue weighted by Gasteiger charge is 2.38. The molecule has 1 fully saturated rings. The van der Waals surface area contributed by atoms with Gasteiger partial charge in [-0.1, -0.05) is 54.6 Å². The van der Waals surface area contributed by atoms with Gasteiger partial charge < -0.3 is 9.64 Å². The van der Waals surface area contributed by atoms with Crippen molar-refractivity contribution in [2.24, 2.45) is 0 Å². The molecule has 1 aromatic heterocycles. The van der Waals surface area contributed by atoms with Crippen LogP contribution in [0.2, 0.25) is 0 Å². The third-order valence-corrected chi connectivity index (χ3v) is 9.00. The van der Waals surface area contributed by atoms with Gasteiger partial charge in [-0.25, -0.2) is 9.07 Å². The molecule has 0 bridgehead atoms. The van der Waals surface area contributed by atoms with Crippen LogP contribution in [0.15, 0.2) is 72.8 Å². The molecule has 210 valence electrons. The van der Waals surface area contributed by atoms with Gasteiger partial charge in [0.05, 0.1) is 35.6 Å². The summed E-state index contributed by atoms with van der Waals surface area (Å²) >= 11 is 1.43. The van der Waals surface area contributed by atoms with Crippen molar-refractivity contribution in [1.29, 1.82) is 0 Å². The maximum Gasteiger partial charge on any atom is 0.242 e. The van der Waals surface area contributed by atoms with E-state index in [-0.39, 0.29) is 35.2 Å². The van der Waals surface area contributed by atoms with E-state index in [1.807, 2.05) is 73.1 Å². The second-order valence-electron chi connectivity index (χ2n) is 10.3. The number of anilines is 1. The van der Waals surface area contributed by atoms with E-state index in [0.29, 0.717) is 37.8 Å². The molecular weight excluding hydrogens is 539 g/mol. The van der Waals surface area contributed by atoms with Crippen molar-refractivity contribution in [2.45, 2.75) is 19.1 Å². The quantitative estimate of drug-likeness (QED) is 0.325. The Morgan fingerprint density at radius 2 is 1.78 bits per heavy atom. The molecule has 0 aliphatic carbocycles. The van der Waals surface area contributed by atoms with Gasteiger partial charge in [-0.3, -0.25) is 14.5 Å². The van der Waals surface area contributed by atoms with Crippen LogP contribution in [-0.2, 0) is 14.3 Å². The Morgan fingerprint density at radius 1 is 1.02 bits per heavy atom. The van der Waals surface area contributed by atoms with Crippen molar-refractivity contribution in [2.75, 3.05) is 43.5 Å². The summed E-state index contributed by atoms with van der Waals surface area (Å²) in [6.45, 7) is 5.87. The van der Waals surface area contributed by atoms with Gasteiger partial charge in [-0.05, 0) is 48.7 Å². The van der Waals surface area contributed by atoms with E-state index in [4.69, 9.17) is 9.84 Å². The molecule has 0 saturated carbocycles. The Kier molecular flexibility index (Phi) is 7.64. The third kappa shape index (κ3) is 5.27. The molecule has 9 heteroatoms. The molecule has 2 aliphatic rings. The fourth-order valence-electron chi connectivity index (χ4n) is 5.44. The highest BCUT2D eigenvalue weighted by molar-refractivity contribution is 8.00. The molecule has 6 rings (SSSR count). The van der Waals surface area contributed by atoms with Gasteiger partial charge >= 0.3 is 0 Å². The summed E-state index contributed by atoms with van der Waals surface area (Å²) in [7, 11) is 0. The minimum absolute atomic E-state index is 0.118. The first-order valence-electron chi connectivity index (χ1n) is 13.7. The lowest BCUT2D eigenvalue weighted by Crippen LogP contribution is -2.48. The van der Waals surface area contributed by atoms with E-state index in [0.717, 1.165) is 33.5 Å². The highest BCUT2D eigenvalue weighted by atomic mass is 32.2. The van der Waals surface area contributed by atoms with Crippen molar-refractivity contribution in [3.05, 3.63) is 101 Å². The fourth-order valence-corrected chi connectivity index (χ4v) is 6.63. The first kappa shape index (κ1) is 27.2. The Bertz CT molecular complexity index is 1600. The van der Waals surface area contributed by atoms with Crippen molar-refractivity contribution < 1.29 is 18.7 Å². The van der Waals surface area contributed by atoms with Crippen LogP contribution in [0.3, 0.4) is 0 Å². The number of carbonyl (C=O) groups is 2. The number of aromatic nitrogens is 2. The Balaban J connectivity index is 1.61. The SMILES string of the molecule is Cc1cccc(-n2nc(-c3ccccc3)c3c2N(CC(=O)N2CCOCC2)C(=O)CS[C@@H]3c2cccc(F)c2)c1C. The number of thioether (sulfide) groups is 1. The number of benzene rings is 3. The zero-order valence-corrected chi connectivity index (χ0v) is 23.9. The fraction of sp³-hybridized carbons (Fsp3) is 0.281. The summed E-state index contributed by atoms with van der Waals surface area (Å²) in [5.41, 5.74) is 6.02. The van der Waals surface area contributed by atoms with Crippen LogP contribution in [-0.4, -0.2) is 65.1 Å². The molecule has 0 radical (unpaired) electrons. The largest absolute Gasteiger partial charge is 0.378 e. The van der Waals surface area contributed by atoms with Crippen molar-refractivity contribution >= 4 is 29.4 Å². The zero-order chi connectivity index (χ0) is 28.5. The van der Waals surface area contributed by atoms with E-state index < -0.39 is 0 Å². The van der Waals surface area contributed by atoms with E-state index in [9.17, 15) is 14.0 Å². The standard InChI is InChI=1S/C32H31FN4O3S/c1-21-8-6-13-26(22(21)2)37-32-29(30(34-37)23-9-4-3-5-10-23)31(24-11-7-12-25(33)18-24)41-20-28(39)36(32)19-27(38)35-14-16-40-17-15-35/h3-13,18,31H,14-17,19-20H2,1-2H3/t31-/m1/s1. The number of aryl methyl sites for hydroxylation is 1. The van der Waals surface area contributed by atoms with Crippen LogP contribution in [0.5, 0.6) is 0 Å². The predicted molar refractivity (Wildman–Crippen MR) is 159 cm³/mol. The van der Waals surface area contributed by atoms with Crippen molar-refractivity contribution in [3.63, 3.8) is 0 Å². The van der Waals surface area contributed by atoms with E-state index in [1.54, 1.807) is 15.9 Å². The van der Waals surface area contributed by atoms with Gasteiger partial charge in [0.1, 0.15) is 18.2 Å². The minimum Gasteiger partial charge on any atom is -0.378 e. The molecular formula is C32H31FN4O3S. The van der Waals surface area contributed by atoms with Gasteiger partial charge in [-0.2, -0.15) is 5.10 Å². The van der Waals surface area contributed by atoms with Crippen LogP contribution in [0, 0.1) is 19.7 Å². The van der Waals surface area contributed by atoms with E-state index in [1.165, 1.54) is 23.9 Å². The molecule has 0 spiro atoms. The van der Waals surface area contributed by atoms with Gasteiger partial charge in [0.2, 0.25) is 11.8 Å². The summed E-state index contributed by atoms with van der Waals surface area (Å²) in [5.74, 6) is -0.00130. The molecule has 0 unspecified atom stereocenters. The summed E-state index contributed by atoms with van der Waals surface area (Å²) < 4.78 is 21.8. The number of rotatable bonds is 5. The number of carbonyl (C=O) groups excluding carboxylic acids is 2. The number of nitrogens with zero attached hydrogens (tertiary/aromatic N) is 4. The second kappa shape index (κ2) is 11.5. The number of halogens is 1. The molecule has 2 amide bonds. The second-order valence-corrected chi connectivity index (χ2v) is 11.4. The Morgan fingerprint density at radius 3 is 2.54 bits per heavy atom. The Labute approximate surface area is 242 Å². The maximum absolute atomic E-state index is 14.6. The number of hydrogen-bond acceptors (Lipinski definition) is 5. The number of morpholine rings is 1. The minimum atomic E-state index is -0.387. The maximum atomic E-state index is 14.6. The number of fused-ring (bicyclic) bond motifs is 1. The van der Waals surface area contributed by atoms with Crippen LogP contribution < -0.4 is 4.90 Å². The molecule has 1 saturated heterocycles. The lowest BCUT2D eigenvalue weighted by Gasteiger charge is -2.30. The van der Waals surface area contributed by atoms with Crippen molar-refractivity contribution in [3.8, 4) is 16.9 Å². The summed E-state index contributed by atoms with van der Waals surface area (Å²) in [6.07, 6.45) is 0. The molecule has 3 heterocycles. The molecule has 7 nitrogen and oxygen atoms in total. The van der Waals surface area contributed by atoms with Crippen LogP contribution >= 0.6 is 11.8 Å². The van der Waals surface area contributed by atoms with Crippen LogP contribution in [0.1, 0.15) is 27.5 Å². The first-order valence-corrected chi connectivity index (χ1v) is 14.7. The van der Waals surface area contributed by atoms with Crippen LogP contribution in [0.4, 0.5) is 10.2 Å². The molecule has 41 heavy (non-hydrogen) atoms. The monoisotopic (exact) mass is 570 g/mol. The molecule has 0 N–H and O–H groups in total. The summed E-state index contributed by atoms with van der Waals surface area (Å²) in [5, 5.41) is 4.76. The third-order valence-electron chi connectivity index (χ3n) is 7.75. The van der Waals surface area contributed by atoms with Gasteiger partial charge in [0, 0.05) is 24.2 Å². The van der Waals surface area contributed by atoms with Gasteiger partial charge in [0.15, 0.2) is 0 Å². The van der Waals surface area contributed by atoms with E-state index in [2.05, 4.69) is 0 Å². The number of hydrogen-bond donors (Lipinski definition) is 0. The van der Waals surface area contributed by atoms with Crippen molar-refractivity contribution in [1.82, 2.24) is 14.7 Å². The number of ether oxygens (including phenoxy) is 1. The topological polar surface area (TPSA) is 67.7 Å². The number of amides is 2. The molecule has 2 aliphatic heterocycles. The summed E-state index contributed by atoms with van der Waals surface area (Å²) in [4.78, 5) is 30.8. The zero-order valence-electron chi connectivity index (χ0n) is 23.0. The first-order chi connectivity index (χ1) is 19.9. The molecule has 1 atom stereocenters. The molecule has 3 aromatic carbocycles. The average molecular weight is 571 g/mol. The summed E-state index contributed by atoms with van der Waals surface area (Å²) in [6, 6.07) is 22.3. The van der Waals surface area contributed by atoms with E-state index >= 15 is 0 Å². The normalized spacial score (nSPS) is 17.3.